The number of carbonyl (C=O) groups is 1. The Bertz CT molecular complexity index is 436. The average Bonchev–Trinajstić information content (AvgIpc) is 2.49. The Hall–Kier alpha value is -1.25. The first kappa shape index (κ1) is 18.1. The van der Waals surface area contributed by atoms with Crippen LogP contribution in [0.15, 0.2) is 25.0 Å². The largest absolute Gasteiger partial charge is 0.505 e. The number of hydrogen-bond donors (Lipinski definition) is 0. The Morgan fingerprint density at radius 1 is 1.13 bits per heavy atom. The molecule has 0 radical (unpaired) electrons. The summed E-state index contributed by atoms with van der Waals surface area (Å²) in [5.74, 6) is 3.21. The van der Waals surface area contributed by atoms with Crippen LogP contribution in [-0.4, -0.2) is 18.7 Å². The van der Waals surface area contributed by atoms with Gasteiger partial charge in [-0.15, -0.1) is 0 Å². The van der Waals surface area contributed by atoms with Gasteiger partial charge >= 0.3 is 5.97 Å². The third-order valence-electron chi connectivity index (χ3n) is 6.10. The van der Waals surface area contributed by atoms with E-state index in [2.05, 4.69) is 31.7 Å². The zero-order valence-corrected chi connectivity index (χ0v) is 15.1. The van der Waals surface area contributed by atoms with Crippen LogP contribution >= 0.6 is 0 Å². The van der Waals surface area contributed by atoms with Gasteiger partial charge in [0, 0.05) is 5.57 Å². The van der Waals surface area contributed by atoms with Gasteiger partial charge in [-0.3, -0.25) is 0 Å². The summed E-state index contributed by atoms with van der Waals surface area (Å²) < 4.78 is 10.4. The lowest BCUT2D eigenvalue weighted by Gasteiger charge is -2.61. The molecule has 0 aromatic heterocycles. The van der Waals surface area contributed by atoms with E-state index in [1.54, 1.807) is 14.0 Å². The minimum atomic E-state index is -0.205. The fraction of sp³-hybridized carbons (Fsp3) is 0.750. The summed E-state index contributed by atoms with van der Waals surface area (Å²) in [6, 6.07) is 0. The predicted octanol–water partition coefficient (Wildman–Crippen LogP) is 4.73. The lowest BCUT2D eigenvalue weighted by Crippen LogP contribution is -2.62. The standard InChI is InChI=1S/C17H26O2.C3H6O/c1-10(2)16(18)19-17(11(3)4)14-6-12-5-13(8-14)9-15(17)7-12;1-3-4-2/h11-15H,1,5-9H2,2-4H3;3H,1H2,2H3. The number of ether oxygens (including phenoxy) is 2. The first-order valence-corrected chi connectivity index (χ1v) is 8.87. The topological polar surface area (TPSA) is 35.5 Å². The molecule has 0 amide bonds. The molecule has 0 unspecified atom stereocenters. The molecule has 3 heteroatoms. The van der Waals surface area contributed by atoms with E-state index in [4.69, 9.17) is 4.74 Å². The SMILES string of the molecule is C=C(C)C(=O)OC1(C(C)C)C2CC3CC(C2)CC1C3.C=COC. The monoisotopic (exact) mass is 320 g/mol. The molecule has 4 fully saturated rings. The van der Waals surface area contributed by atoms with Crippen LogP contribution in [0.2, 0.25) is 0 Å². The average molecular weight is 320 g/mol. The highest BCUT2D eigenvalue weighted by atomic mass is 16.6. The Labute approximate surface area is 141 Å². The van der Waals surface area contributed by atoms with Crippen molar-refractivity contribution in [1.29, 1.82) is 0 Å². The second-order valence-electron chi connectivity index (χ2n) is 7.88. The maximum absolute atomic E-state index is 12.1. The van der Waals surface area contributed by atoms with Gasteiger partial charge in [-0.2, -0.15) is 0 Å². The number of esters is 1. The van der Waals surface area contributed by atoms with Crippen molar-refractivity contribution in [3.8, 4) is 0 Å². The smallest absolute Gasteiger partial charge is 0.333 e. The maximum Gasteiger partial charge on any atom is 0.333 e. The Kier molecular flexibility index (Phi) is 5.59. The van der Waals surface area contributed by atoms with Crippen LogP contribution in [0.5, 0.6) is 0 Å². The van der Waals surface area contributed by atoms with Gasteiger partial charge in [-0.25, -0.2) is 4.79 Å². The van der Waals surface area contributed by atoms with Gasteiger partial charge in [0.2, 0.25) is 0 Å². The van der Waals surface area contributed by atoms with E-state index in [0.29, 0.717) is 23.3 Å². The summed E-state index contributed by atoms with van der Waals surface area (Å²) in [7, 11) is 1.56. The molecule has 0 aromatic carbocycles. The van der Waals surface area contributed by atoms with Crippen LogP contribution in [0.3, 0.4) is 0 Å². The van der Waals surface area contributed by atoms with Gasteiger partial charge in [0.25, 0.3) is 0 Å². The molecule has 23 heavy (non-hydrogen) atoms. The fourth-order valence-electron chi connectivity index (χ4n) is 5.40. The zero-order valence-electron chi connectivity index (χ0n) is 15.1. The van der Waals surface area contributed by atoms with Crippen molar-refractivity contribution >= 4 is 5.97 Å². The Balaban J connectivity index is 0.000000433. The van der Waals surface area contributed by atoms with Crippen molar-refractivity contribution in [3.05, 3.63) is 25.0 Å². The Morgan fingerprint density at radius 3 is 1.87 bits per heavy atom. The lowest BCUT2D eigenvalue weighted by atomic mass is 9.47. The summed E-state index contributed by atoms with van der Waals surface area (Å²) in [6.45, 7) is 13.2. The molecule has 0 aliphatic heterocycles. The van der Waals surface area contributed by atoms with Crippen LogP contribution in [0.25, 0.3) is 0 Å². The minimum Gasteiger partial charge on any atom is -0.505 e. The third kappa shape index (κ3) is 3.34. The van der Waals surface area contributed by atoms with E-state index < -0.39 is 0 Å². The summed E-state index contributed by atoms with van der Waals surface area (Å²) in [5.41, 5.74) is 0.331. The van der Waals surface area contributed by atoms with Crippen LogP contribution < -0.4 is 0 Å². The summed E-state index contributed by atoms with van der Waals surface area (Å²) >= 11 is 0. The third-order valence-corrected chi connectivity index (χ3v) is 6.10. The van der Waals surface area contributed by atoms with E-state index in [1.807, 2.05) is 0 Å². The van der Waals surface area contributed by atoms with Crippen molar-refractivity contribution in [3.63, 3.8) is 0 Å². The van der Waals surface area contributed by atoms with Crippen molar-refractivity contribution in [2.24, 2.45) is 29.6 Å². The number of carbonyl (C=O) groups excluding carboxylic acids is 1. The predicted molar refractivity (Wildman–Crippen MR) is 92.7 cm³/mol. The quantitative estimate of drug-likeness (QED) is 0.426. The van der Waals surface area contributed by atoms with Crippen LogP contribution in [-0.2, 0) is 14.3 Å². The molecule has 0 N–H and O–H groups in total. The highest BCUT2D eigenvalue weighted by Gasteiger charge is 2.60. The number of methoxy groups -OCH3 is 1. The lowest BCUT2D eigenvalue weighted by molar-refractivity contribution is -0.221. The molecular weight excluding hydrogens is 288 g/mol. The molecule has 4 rings (SSSR count). The molecular formula is C20H32O3. The van der Waals surface area contributed by atoms with Crippen LogP contribution in [0.4, 0.5) is 0 Å². The number of rotatable bonds is 4. The molecule has 0 atom stereocenters. The highest BCUT2D eigenvalue weighted by molar-refractivity contribution is 5.87. The van der Waals surface area contributed by atoms with Gasteiger partial charge in [0.1, 0.15) is 5.60 Å². The molecule has 4 saturated carbocycles. The van der Waals surface area contributed by atoms with Gasteiger partial charge in [-0.1, -0.05) is 27.0 Å². The second kappa shape index (κ2) is 7.11. The first-order valence-electron chi connectivity index (χ1n) is 8.87. The van der Waals surface area contributed by atoms with Gasteiger partial charge < -0.3 is 9.47 Å². The number of hydrogen-bond acceptors (Lipinski definition) is 3. The van der Waals surface area contributed by atoms with Crippen LogP contribution in [0, 0.1) is 29.6 Å². The van der Waals surface area contributed by atoms with Crippen molar-refractivity contribution in [1.82, 2.24) is 0 Å². The molecule has 4 aliphatic carbocycles. The van der Waals surface area contributed by atoms with E-state index in [1.165, 1.54) is 38.4 Å². The molecule has 130 valence electrons. The van der Waals surface area contributed by atoms with E-state index >= 15 is 0 Å². The van der Waals surface area contributed by atoms with Crippen molar-refractivity contribution in [2.45, 2.75) is 58.5 Å². The van der Waals surface area contributed by atoms with E-state index in [0.717, 1.165) is 11.8 Å². The van der Waals surface area contributed by atoms with Gasteiger partial charge in [0.05, 0.1) is 13.4 Å². The Morgan fingerprint density at radius 2 is 1.57 bits per heavy atom. The van der Waals surface area contributed by atoms with E-state index in [9.17, 15) is 4.79 Å². The minimum absolute atomic E-state index is 0.179. The van der Waals surface area contributed by atoms with Crippen molar-refractivity contribution < 1.29 is 14.3 Å². The molecule has 0 aromatic rings. The molecule has 4 bridgehead atoms. The van der Waals surface area contributed by atoms with Crippen molar-refractivity contribution in [2.75, 3.05) is 7.11 Å². The normalized spacial score (nSPS) is 36.9. The summed E-state index contributed by atoms with van der Waals surface area (Å²) in [5, 5.41) is 0. The van der Waals surface area contributed by atoms with Gasteiger partial charge in [-0.05, 0) is 68.6 Å². The fourth-order valence-corrected chi connectivity index (χ4v) is 5.40. The second-order valence-corrected chi connectivity index (χ2v) is 7.88. The van der Waals surface area contributed by atoms with Crippen LogP contribution in [0.1, 0.15) is 52.9 Å². The zero-order chi connectivity index (χ0) is 17.2. The molecule has 4 aliphatic rings. The first-order chi connectivity index (χ1) is 10.8. The molecule has 0 saturated heterocycles. The molecule has 0 heterocycles. The summed E-state index contributed by atoms with van der Waals surface area (Å²) in [4.78, 5) is 12.1. The highest BCUT2D eigenvalue weighted by Crippen LogP contribution is 2.61. The van der Waals surface area contributed by atoms with Gasteiger partial charge in [0.15, 0.2) is 0 Å². The molecule has 0 spiro atoms. The molecule has 3 nitrogen and oxygen atoms in total. The summed E-state index contributed by atoms with van der Waals surface area (Å²) in [6.07, 6.45) is 7.89. The van der Waals surface area contributed by atoms with E-state index in [-0.39, 0.29) is 11.6 Å². The maximum atomic E-state index is 12.1.